The van der Waals surface area contributed by atoms with Crippen molar-refractivity contribution in [3.05, 3.63) is 66.6 Å². The fraction of sp³-hybridized carbons (Fsp3) is 0. The van der Waals surface area contributed by atoms with Crippen LogP contribution in [0.25, 0.3) is 11.3 Å². The highest BCUT2D eigenvalue weighted by Crippen LogP contribution is 2.20. The maximum atomic E-state index is 13.6. The summed E-state index contributed by atoms with van der Waals surface area (Å²) in [5.74, 6) is -1.12. The van der Waals surface area contributed by atoms with Crippen LogP contribution in [0.5, 0.6) is 0 Å². The van der Waals surface area contributed by atoms with E-state index in [9.17, 15) is 8.78 Å². The molecule has 0 unspecified atom stereocenters. The predicted octanol–water partition coefficient (Wildman–Crippen LogP) is 3.56. The molecule has 0 saturated carbocycles. The number of pyridine rings is 1. The average Bonchev–Trinajstić information content (AvgIpc) is 2.51. The van der Waals surface area contributed by atoms with Gasteiger partial charge < -0.3 is 5.32 Å². The van der Waals surface area contributed by atoms with Gasteiger partial charge in [-0.15, -0.1) is 0 Å². The molecule has 0 aliphatic rings. The van der Waals surface area contributed by atoms with Gasteiger partial charge in [-0.25, -0.2) is 18.7 Å². The summed E-state index contributed by atoms with van der Waals surface area (Å²) in [7, 11) is 0. The number of aromatic nitrogens is 3. The van der Waals surface area contributed by atoms with Crippen LogP contribution in [0.3, 0.4) is 0 Å². The summed E-state index contributed by atoms with van der Waals surface area (Å²) in [6.07, 6.45) is 4.89. The lowest BCUT2D eigenvalue weighted by Gasteiger charge is -2.07. The smallest absolute Gasteiger partial charge is 0.227 e. The van der Waals surface area contributed by atoms with Gasteiger partial charge in [-0.3, -0.25) is 4.98 Å². The van der Waals surface area contributed by atoms with Crippen LogP contribution in [0.2, 0.25) is 0 Å². The molecule has 1 aromatic carbocycles. The van der Waals surface area contributed by atoms with Crippen molar-refractivity contribution in [2.75, 3.05) is 5.32 Å². The van der Waals surface area contributed by atoms with Gasteiger partial charge in [0.15, 0.2) is 0 Å². The molecule has 0 aliphatic carbocycles. The molecular formula is C15H10F2N4. The number of rotatable bonds is 3. The zero-order valence-electron chi connectivity index (χ0n) is 10.8. The van der Waals surface area contributed by atoms with E-state index in [1.54, 1.807) is 30.7 Å². The molecule has 0 saturated heterocycles. The second-order valence-corrected chi connectivity index (χ2v) is 4.26. The van der Waals surface area contributed by atoms with E-state index in [1.165, 1.54) is 6.07 Å². The van der Waals surface area contributed by atoms with E-state index in [0.29, 0.717) is 5.69 Å². The van der Waals surface area contributed by atoms with E-state index in [1.807, 2.05) is 6.07 Å². The van der Waals surface area contributed by atoms with Crippen LogP contribution in [0, 0.1) is 11.6 Å². The Labute approximate surface area is 119 Å². The maximum Gasteiger partial charge on any atom is 0.227 e. The molecule has 21 heavy (non-hydrogen) atoms. The normalized spacial score (nSPS) is 10.4. The zero-order valence-corrected chi connectivity index (χ0v) is 10.8. The molecule has 3 aromatic rings. The van der Waals surface area contributed by atoms with Crippen molar-refractivity contribution in [2.24, 2.45) is 0 Å². The first-order valence-electron chi connectivity index (χ1n) is 6.18. The first-order chi connectivity index (χ1) is 10.2. The Bertz CT molecular complexity index is 763. The first kappa shape index (κ1) is 13.1. The van der Waals surface area contributed by atoms with Gasteiger partial charge in [-0.05, 0) is 30.3 Å². The van der Waals surface area contributed by atoms with Crippen molar-refractivity contribution < 1.29 is 8.78 Å². The number of nitrogens with one attached hydrogen (secondary N) is 1. The van der Waals surface area contributed by atoms with Crippen LogP contribution in [-0.2, 0) is 0 Å². The predicted molar refractivity (Wildman–Crippen MR) is 74.9 cm³/mol. The summed E-state index contributed by atoms with van der Waals surface area (Å²) >= 11 is 0. The van der Waals surface area contributed by atoms with Crippen molar-refractivity contribution in [3.8, 4) is 11.3 Å². The molecule has 0 fully saturated rings. The van der Waals surface area contributed by atoms with Crippen LogP contribution >= 0.6 is 0 Å². The van der Waals surface area contributed by atoms with Gasteiger partial charge in [-0.2, -0.15) is 0 Å². The number of hydrogen-bond acceptors (Lipinski definition) is 4. The third-order valence-corrected chi connectivity index (χ3v) is 2.79. The molecule has 0 spiro atoms. The molecule has 0 radical (unpaired) electrons. The highest BCUT2D eigenvalue weighted by atomic mass is 19.1. The molecular weight excluding hydrogens is 274 g/mol. The van der Waals surface area contributed by atoms with Crippen LogP contribution in [0.1, 0.15) is 0 Å². The molecule has 0 amide bonds. The lowest BCUT2D eigenvalue weighted by molar-refractivity contribution is 0.586. The van der Waals surface area contributed by atoms with Crippen molar-refractivity contribution in [1.29, 1.82) is 0 Å². The van der Waals surface area contributed by atoms with E-state index in [4.69, 9.17) is 0 Å². The van der Waals surface area contributed by atoms with Crippen molar-refractivity contribution in [2.45, 2.75) is 0 Å². The van der Waals surface area contributed by atoms with Gasteiger partial charge in [0, 0.05) is 30.2 Å². The Morgan fingerprint density at radius 1 is 1.00 bits per heavy atom. The van der Waals surface area contributed by atoms with Gasteiger partial charge in [0.25, 0.3) is 0 Å². The number of benzene rings is 1. The Balaban J connectivity index is 1.90. The Morgan fingerprint density at radius 2 is 1.90 bits per heavy atom. The molecule has 2 heterocycles. The minimum Gasteiger partial charge on any atom is -0.322 e. The van der Waals surface area contributed by atoms with E-state index in [0.717, 1.165) is 17.7 Å². The zero-order chi connectivity index (χ0) is 14.7. The third kappa shape index (κ3) is 3.00. The molecule has 104 valence electrons. The summed E-state index contributed by atoms with van der Waals surface area (Å²) in [6, 6.07) is 8.64. The van der Waals surface area contributed by atoms with Gasteiger partial charge in [0.1, 0.15) is 11.6 Å². The Hall–Kier alpha value is -2.89. The van der Waals surface area contributed by atoms with Crippen LogP contribution in [0.15, 0.2) is 55.0 Å². The van der Waals surface area contributed by atoms with Crippen molar-refractivity contribution >= 4 is 11.6 Å². The van der Waals surface area contributed by atoms with Gasteiger partial charge >= 0.3 is 0 Å². The molecule has 3 rings (SSSR count). The molecule has 0 bridgehead atoms. The molecule has 4 nitrogen and oxygen atoms in total. The lowest BCUT2D eigenvalue weighted by atomic mass is 10.2. The molecule has 6 heteroatoms. The van der Waals surface area contributed by atoms with Crippen molar-refractivity contribution in [3.63, 3.8) is 0 Å². The van der Waals surface area contributed by atoms with E-state index in [2.05, 4.69) is 20.3 Å². The molecule has 1 N–H and O–H groups in total. The minimum atomic E-state index is -0.703. The maximum absolute atomic E-state index is 13.6. The first-order valence-corrected chi connectivity index (χ1v) is 6.18. The summed E-state index contributed by atoms with van der Waals surface area (Å²) in [6.45, 7) is 0. The minimum absolute atomic E-state index is 0.111. The topological polar surface area (TPSA) is 50.7 Å². The fourth-order valence-electron chi connectivity index (χ4n) is 1.81. The summed E-state index contributed by atoms with van der Waals surface area (Å²) in [5.41, 5.74) is 1.59. The average molecular weight is 284 g/mol. The van der Waals surface area contributed by atoms with Crippen LogP contribution < -0.4 is 5.32 Å². The largest absolute Gasteiger partial charge is 0.322 e. The Morgan fingerprint density at radius 3 is 2.67 bits per heavy atom. The number of nitrogens with zero attached hydrogens (tertiary/aromatic N) is 3. The summed E-state index contributed by atoms with van der Waals surface area (Å²) < 4.78 is 26.5. The van der Waals surface area contributed by atoms with Crippen molar-refractivity contribution in [1.82, 2.24) is 15.0 Å². The lowest BCUT2D eigenvalue weighted by Crippen LogP contribution is -2.00. The van der Waals surface area contributed by atoms with E-state index >= 15 is 0 Å². The van der Waals surface area contributed by atoms with Gasteiger partial charge in [-0.1, -0.05) is 0 Å². The van der Waals surface area contributed by atoms with Gasteiger partial charge in [0.05, 0.1) is 11.4 Å². The molecule has 0 atom stereocenters. The second-order valence-electron chi connectivity index (χ2n) is 4.26. The molecule has 2 aromatic heterocycles. The molecule has 0 aliphatic heterocycles. The van der Waals surface area contributed by atoms with E-state index < -0.39 is 11.6 Å². The highest BCUT2D eigenvalue weighted by Gasteiger charge is 2.07. The standard InChI is InChI=1S/C15H10F2N4/c16-11-3-4-14(12(17)8-11)21-15-19-7-5-13(20-15)10-2-1-6-18-9-10/h1-9H,(H,19,20,21). The monoisotopic (exact) mass is 284 g/mol. The van der Waals surface area contributed by atoms with E-state index in [-0.39, 0.29) is 11.6 Å². The number of halogens is 2. The fourth-order valence-corrected chi connectivity index (χ4v) is 1.81. The summed E-state index contributed by atoms with van der Waals surface area (Å²) in [5, 5.41) is 2.73. The van der Waals surface area contributed by atoms with Crippen LogP contribution in [-0.4, -0.2) is 15.0 Å². The highest BCUT2D eigenvalue weighted by molar-refractivity contribution is 5.61. The third-order valence-electron chi connectivity index (χ3n) is 2.79. The Kier molecular flexibility index (Phi) is 3.51. The summed E-state index contributed by atoms with van der Waals surface area (Å²) in [4.78, 5) is 12.3. The van der Waals surface area contributed by atoms with Gasteiger partial charge in [0.2, 0.25) is 5.95 Å². The number of anilines is 2. The quantitative estimate of drug-likeness (QED) is 0.799. The number of hydrogen-bond donors (Lipinski definition) is 1. The SMILES string of the molecule is Fc1ccc(Nc2nccc(-c3cccnc3)n2)c(F)c1. The van der Waals surface area contributed by atoms with Crippen LogP contribution in [0.4, 0.5) is 20.4 Å². The second kappa shape index (κ2) is 5.62.